The van der Waals surface area contributed by atoms with E-state index >= 15 is 0 Å². The summed E-state index contributed by atoms with van der Waals surface area (Å²) in [7, 11) is 2.42. The average Bonchev–Trinajstić information content (AvgIpc) is 3.07. The molecule has 0 aliphatic carbocycles. The molecular weight excluding hydrogens is 660 g/mol. The number of methoxy groups -OCH3 is 2. The molecule has 0 aliphatic rings. The van der Waals surface area contributed by atoms with E-state index in [2.05, 4.69) is 19.2 Å². The Kier molecular flexibility index (Phi) is 20.5. The third kappa shape index (κ3) is 14.5. The molecule has 0 aromatic heterocycles. The summed E-state index contributed by atoms with van der Waals surface area (Å²) in [4.78, 5) is 40.2. The van der Waals surface area contributed by atoms with Gasteiger partial charge < -0.3 is 29.7 Å². The molecule has 0 aliphatic heterocycles. The minimum atomic E-state index is -2.74. The molecule has 0 radical (unpaired) electrons. The lowest BCUT2D eigenvalue weighted by Crippen LogP contribution is -2.68. The van der Waals surface area contributed by atoms with Crippen molar-refractivity contribution in [2.75, 3.05) is 27.4 Å². The Labute approximate surface area is 304 Å². The highest BCUT2D eigenvalue weighted by Crippen LogP contribution is 2.49. The number of carbonyl (C=O) groups is 3. The molecule has 1 aromatic carbocycles. The van der Waals surface area contributed by atoms with Gasteiger partial charge in [0.1, 0.15) is 17.2 Å². The van der Waals surface area contributed by atoms with Gasteiger partial charge in [0.25, 0.3) is 0 Å². The molecule has 0 fully saturated rings. The highest BCUT2D eigenvalue weighted by atomic mass is 19.3. The lowest BCUT2D eigenvalue weighted by Gasteiger charge is -2.49. The summed E-state index contributed by atoms with van der Waals surface area (Å²) in [6, 6.07) is 5.88. The van der Waals surface area contributed by atoms with Crippen molar-refractivity contribution in [1.29, 1.82) is 0 Å². The highest BCUT2D eigenvalue weighted by molar-refractivity contribution is 5.97. The third-order valence-electron chi connectivity index (χ3n) is 9.50. The summed E-state index contributed by atoms with van der Waals surface area (Å²) < 4.78 is 44.5. The normalized spacial score (nSPS) is 15.2. The van der Waals surface area contributed by atoms with Crippen molar-refractivity contribution >= 4 is 17.8 Å². The fraction of sp³-hybridized carbons (Fsp3) is 0.725. The number of hydrogen-bond donors (Lipinski definition) is 3. The van der Waals surface area contributed by atoms with Crippen molar-refractivity contribution in [1.82, 2.24) is 5.32 Å². The molecular formula is C40H65F2NO8. The van der Waals surface area contributed by atoms with Gasteiger partial charge in [0.2, 0.25) is 17.4 Å². The number of amides is 1. The molecule has 3 atom stereocenters. The fourth-order valence-electron chi connectivity index (χ4n) is 6.44. The first-order valence-corrected chi connectivity index (χ1v) is 18.7. The van der Waals surface area contributed by atoms with Gasteiger partial charge in [-0.25, -0.2) is 18.4 Å². The Hall–Kier alpha value is -3.05. The number of halogens is 2. The van der Waals surface area contributed by atoms with E-state index in [0.717, 1.165) is 38.5 Å². The van der Waals surface area contributed by atoms with Crippen LogP contribution in [0.1, 0.15) is 130 Å². The number of ether oxygens (including phenoxy) is 3. The summed E-state index contributed by atoms with van der Waals surface area (Å²) in [5.41, 5.74) is -5.37. The fourth-order valence-corrected chi connectivity index (χ4v) is 6.44. The van der Waals surface area contributed by atoms with Gasteiger partial charge in [0.15, 0.2) is 0 Å². The van der Waals surface area contributed by atoms with E-state index in [9.17, 15) is 33.4 Å². The van der Waals surface area contributed by atoms with Gasteiger partial charge in [-0.2, -0.15) is 0 Å². The lowest BCUT2D eigenvalue weighted by atomic mass is 9.56. The molecule has 1 amide bonds. The summed E-state index contributed by atoms with van der Waals surface area (Å²) in [6.07, 6.45) is 12.0. The molecule has 9 nitrogen and oxygen atoms in total. The molecule has 0 spiro atoms. The van der Waals surface area contributed by atoms with Crippen molar-refractivity contribution in [3.8, 4) is 5.75 Å². The van der Waals surface area contributed by atoms with Crippen molar-refractivity contribution in [3.63, 3.8) is 0 Å². The lowest BCUT2D eigenvalue weighted by molar-refractivity contribution is -0.196. The maximum Gasteiger partial charge on any atom is 0.339 e. The monoisotopic (exact) mass is 725 g/mol. The Morgan fingerprint density at radius 1 is 0.863 bits per heavy atom. The van der Waals surface area contributed by atoms with E-state index in [1.54, 1.807) is 51.1 Å². The van der Waals surface area contributed by atoms with E-state index in [-0.39, 0.29) is 19.3 Å². The van der Waals surface area contributed by atoms with Crippen LogP contribution in [0.25, 0.3) is 0 Å². The second-order valence-corrected chi connectivity index (χ2v) is 14.6. The van der Waals surface area contributed by atoms with Gasteiger partial charge in [-0.3, -0.25) is 4.79 Å². The largest absolute Gasteiger partial charge is 0.494 e. The maximum absolute atomic E-state index is 14.4. The quantitative estimate of drug-likeness (QED) is 0.0468. The molecule has 0 unspecified atom stereocenters. The number of nitrogens with one attached hydrogen (secondary N) is 1. The minimum absolute atomic E-state index is 0.0330. The van der Waals surface area contributed by atoms with Crippen LogP contribution in [0.5, 0.6) is 5.75 Å². The van der Waals surface area contributed by atoms with Crippen molar-refractivity contribution in [2.24, 2.45) is 10.8 Å². The predicted molar refractivity (Wildman–Crippen MR) is 196 cm³/mol. The first-order valence-electron chi connectivity index (χ1n) is 18.7. The van der Waals surface area contributed by atoms with E-state index in [4.69, 9.17) is 14.2 Å². The van der Waals surface area contributed by atoms with Crippen LogP contribution in [-0.2, 0) is 30.3 Å². The molecule has 0 heterocycles. The summed E-state index contributed by atoms with van der Waals surface area (Å²) in [5.74, 6) is -5.30. The van der Waals surface area contributed by atoms with Crippen molar-refractivity contribution in [3.05, 3.63) is 42.0 Å². The number of alkyl halides is 2. The molecule has 0 bridgehead atoms. The van der Waals surface area contributed by atoms with Crippen LogP contribution in [-0.4, -0.2) is 73.1 Å². The number of rotatable bonds is 27. The predicted octanol–water partition coefficient (Wildman–Crippen LogP) is 8.45. The van der Waals surface area contributed by atoms with Crippen molar-refractivity contribution in [2.45, 2.75) is 148 Å². The molecule has 3 N–H and O–H groups in total. The Balaban J connectivity index is 3.18. The first kappa shape index (κ1) is 46.0. The van der Waals surface area contributed by atoms with E-state index in [1.165, 1.54) is 20.3 Å². The van der Waals surface area contributed by atoms with E-state index < -0.39 is 52.8 Å². The molecule has 51 heavy (non-hydrogen) atoms. The third-order valence-corrected chi connectivity index (χ3v) is 9.50. The minimum Gasteiger partial charge on any atom is -0.494 e. The summed E-state index contributed by atoms with van der Waals surface area (Å²) in [5, 5.41) is 24.9. The van der Waals surface area contributed by atoms with Gasteiger partial charge in [-0.1, -0.05) is 104 Å². The van der Waals surface area contributed by atoms with Crippen LogP contribution in [0.2, 0.25) is 0 Å². The van der Waals surface area contributed by atoms with Crippen LogP contribution in [0.15, 0.2) is 36.4 Å². The van der Waals surface area contributed by atoms with Crippen LogP contribution in [0.3, 0.4) is 0 Å². The Morgan fingerprint density at radius 2 is 1.43 bits per heavy atom. The number of aliphatic carboxylic acids is 1. The zero-order valence-corrected chi connectivity index (χ0v) is 32.2. The van der Waals surface area contributed by atoms with Gasteiger partial charge >= 0.3 is 11.9 Å². The first-order chi connectivity index (χ1) is 24.0. The second kappa shape index (κ2) is 22.8. The molecule has 1 rings (SSSR count). The summed E-state index contributed by atoms with van der Waals surface area (Å²) in [6.45, 7) is 8.92. The number of esters is 1. The average molecular weight is 726 g/mol. The Bertz CT molecular complexity index is 1200. The number of carboxylic acids is 1. The molecule has 1 aromatic rings. The zero-order valence-electron chi connectivity index (χ0n) is 32.2. The van der Waals surface area contributed by atoms with Crippen LogP contribution in [0, 0.1) is 10.8 Å². The van der Waals surface area contributed by atoms with Crippen LogP contribution in [0.4, 0.5) is 8.78 Å². The van der Waals surface area contributed by atoms with Gasteiger partial charge in [0, 0.05) is 26.4 Å². The number of aliphatic hydroxyl groups is 1. The number of unbranched alkanes of at least 4 members (excludes halogenated alkanes) is 9. The highest BCUT2D eigenvalue weighted by Gasteiger charge is 2.65. The number of carboxylic acid groups (broad SMARTS) is 1. The van der Waals surface area contributed by atoms with Crippen molar-refractivity contribution < 1.29 is 47.6 Å². The Morgan fingerprint density at radius 3 is 1.94 bits per heavy atom. The van der Waals surface area contributed by atoms with E-state index in [0.29, 0.717) is 56.4 Å². The van der Waals surface area contributed by atoms with Gasteiger partial charge in [0.05, 0.1) is 20.3 Å². The topological polar surface area (TPSA) is 131 Å². The number of benzene rings is 1. The van der Waals surface area contributed by atoms with Gasteiger partial charge in [-0.05, 0) is 55.2 Å². The molecule has 11 heteroatoms. The molecule has 0 saturated carbocycles. The zero-order chi connectivity index (χ0) is 38.6. The number of hydrogen-bond acceptors (Lipinski definition) is 7. The van der Waals surface area contributed by atoms with E-state index in [1.807, 2.05) is 0 Å². The second-order valence-electron chi connectivity index (χ2n) is 14.6. The SMILES string of the molecule is CCCCCCCC(F)(F)CCCCCC/C=C/[C@](C(=O)N[C@@H](Cc1ccc(OCCCC)cc1)C(=O)OC)(C(C)(C)C)[C@@](O)(COC)C(=O)O. The maximum atomic E-state index is 14.4. The van der Waals surface area contributed by atoms with Crippen LogP contribution < -0.4 is 10.1 Å². The number of allylic oxidation sites excluding steroid dienone is 1. The molecule has 0 saturated heterocycles. The standard InChI is InChI=1S/C40H65F2NO8/c1-8-10-12-15-18-25-38(41,42)26-19-16-13-14-17-20-27-39(37(3,4)5,40(48,30-49-6)36(46)47)35(45)43-33(34(44)50-7)29-31-21-23-32(24-22-31)51-28-11-9-2/h20-24,27,33,48H,8-19,25-26,28-30H2,1-7H3,(H,43,45)(H,46,47)/b27-20+/t33-,39-,40+/m0/s1. The molecule has 292 valence electrons. The number of carbonyl (C=O) groups excluding carboxylic acids is 2. The van der Waals surface area contributed by atoms with Crippen LogP contribution >= 0.6 is 0 Å². The summed E-state index contributed by atoms with van der Waals surface area (Å²) >= 11 is 0. The van der Waals surface area contributed by atoms with Gasteiger partial charge in [-0.15, -0.1) is 0 Å². The smallest absolute Gasteiger partial charge is 0.339 e.